The Labute approximate surface area is 134 Å². The highest BCUT2D eigenvalue weighted by Gasteiger charge is 2.19. The third kappa shape index (κ3) is 3.41. The summed E-state index contributed by atoms with van der Waals surface area (Å²) in [7, 11) is 3.51. The lowest BCUT2D eigenvalue weighted by molar-refractivity contribution is -0.127. The van der Waals surface area contributed by atoms with Gasteiger partial charge in [0.2, 0.25) is 5.91 Å². The van der Waals surface area contributed by atoms with Gasteiger partial charge in [-0.3, -0.25) is 9.36 Å². The first-order valence-electron chi connectivity index (χ1n) is 6.58. The molecule has 0 saturated heterocycles. The number of hydrogen-bond acceptors (Lipinski definition) is 3. The van der Waals surface area contributed by atoms with E-state index >= 15 is 0 Å². The van der Waals surface area contributed by atoms with Gasteiger partial charge in [-0.05, 0) is 31.5 Å². The Hall–Kier alpha value is -1.46. The van der Waals surface area contributed by atoms with Crippen molar-refractivity contribution in [2.45, 2.75) is 24.3 Å². The van der Waals surface area contributed by atoms with E-state index in [2.05, 4.69) is 4.98 Å². The molecule has 0 spiro atoms. The highest BCUT2D eigenvalue weighted by molar-refractivity contribution is 8.00. The van der Waals surface area contributed by atoms with Crippen molar-refractivity contribution in [3.8, 4) is 5.69 Å². The monoisotopic (exact) mass is 323 g/mol. The van der Waals surface area contributed by atoms with E-state index in [0.717, 1.165) is 21.4 Å². The fourth-order valence-electron chi connectivity index (χ4n) is 1.99. The van der Waals surface area contributed by atoms with Crippen molar-refractivity contribution < 1.29 is 4.79 Å². The van der Waals surface area contributed by atoms with Crippen molar-refractivity contribution in [2.75, 3.05) is 14.1 Å². The standard InChI is InChI=1S/C15H18ClN3OS/c1-10-12(16)6-5-7-13(10)19-9-8-17-15(19)21-11(2)14(20)18(3)4/h5-9,11H,1-4H3. The zero-order valence-corrected chi connectivity index (χ0v) is 14.1. The fourth-order valence-corrected chi connectivity index (χ4v) is 3.18. The zero-order valence-electron chi connectivity index (χ0n) is 12.5. The van der Waals surface area contributed by atoms with Gasteiger partial charge < -0.3 is 4.90 Å². The van der Waals surface area contributed by atoms with Crippen molar-refractivity contribution in [1.29, 1.82) is 0 Å². The molecule has 0 aliphatic heterocycles. The quantitative estimate of drug-likeness (QED) is 0.809. The predicted octanol–water partition coefficient (Wildman–Crippen LogP) is 3.40. The lowest BCUT2D eigenvalue weighted by atomic mass is 10.2. The molecule has 4 nitrogen and oxygen atoms in total. The number of nitrogens with zero attached hydrogens (tertiary/aromatic N) is 3. The maximum atomic E-state index is 12.0. The average Bonchev–Trinajstić information content (AvgIpc) is 2.88. The summed E-state index contributed by atoms with van der Waals surface area (Å²) in [6.07, 6.45) is 3.61. The topological polar surface area (TPSA) is 38.1 Å². The molecule has 0 radical (unpaired) electrons. The molecule has 2 aromatic rings. The van der Waals surface area contributed by atoms with E-state index in [4.69, 9.17) is 11.6 Å². The lowest BCUT2D eigenvalue weighted by Crippen LogP contribution is -2.29. The van der Waals surface area contributed by atoms with E-state index in [1.807, 2.05) is 42.8 Å². The first-order valence-corrected chi connectivity index (χ1v) is 7.84. The summed E-state index contributed by atoms with van der Waals surface area (Å²) < 4.78 is 1.96. The molecule has 0 saturated carbocycles. The van der Waals surface area contributed by atoms with Gasteiger partial charge in [-0.2, -0.15) is 0 Å². The summed E-state index contributed by atoms with van der Waals surface area (Å²) in [5, 5.41) is 1.30. The van der Waals surface area contributed by atoms with Crippen LogP contribution in [0.4, 0.5) is 0 Å². The van der Waals surface area contributed by atoms with Gasteiger partial charge in [-0.25, -0.2) is 4.98 Å². The summed E-state index contributed by atoms with van der Waals surface area (Å²) in [5.41, 5.74) is 1.97. The van der Waals surface area contributed by atoms with Crippen molar-refractivity contribution in [3.63, 3.8) is 0 Å². The zero-order chi connectivity index (χ0) is 15.6. The Bertz CT molecular complexity index is 654. The maximum Gasteiger partial charge on any atom is 0.235 e. The van der Waals surface area contributed by atoms with Crippen LogP contribution in [0.5, 0.6) is 0 Å². The van der Waals surface area contributed by atoms with Gasteiger partial charge in [0.1, 0.15) is 0 Å². The van der Waals surface area contributed by atoms with E-state index in [1.54, 1.807) is 25.2 Å². The van der Waals surface area contributed by atoms with Crippen LogP contribution >= 0.6 is 23.4 Å². The second kappa shape index (κ2) is 6.54. The van der Waals surface area contributed by atoms with E-state index in [9.17, 15) is 4.79 Å². The number of carbonyl (C=O) groups excluding carboxylic acids is 1. The maximum absolute atomic E-state index is 12.0. The molecule has 2 rings (SSSR count). The minimum atomic E-state index is -0.194. The first kappa shape index (κ1) is 15.9. The number of thioether (sulfide) groups is 1. The minimum Gasteiger partial charge on any atom is -0.348 e. The summed E-state index contributed by atoms with van der Waals surface area (Å²) in [4.78, 5) is 17.9. The van der Waals surface area contributed by atoms with Crippen molar-refractivity contribution in [1.82, 2.24) is 14.5 Å². The minimum absolute atomic E-state index is 0.0670. The Morgan fingerprint density at radius 3 is 2.81 bits per heavy atom. The second-order valence-corrected chi connectivity index (χ2v) is 6.67. The Balaban J connectivity index is 2.31. The second-order valence-electron chi connectivity index (χ2n) is 4.96. The Morgan fingerprint density at radius 1 is 1.43 bits per heavy atom. The first-order chi connectivity index (χ1) is 9.91. The summed E-state index contributed by atoms with van der Waals surface area (Å²) >= 11 is 7.62. The third-order valence-corrected chi connectivity index (χ3v) is 4.65. The number of halogens is 1. The Kier molecular flexibility index (Phi) is 4.96. The van der Waals surface area contributed by atoms with E-state index < -0.39 is 0 Å². The van der Waals surface area contributed by atoms with Gasteiger partial charge in [-0.1, -0.05) is 29.4 Å². The van der Waals surface area contributed by atoms with Crippen molar-refractivity contribution >= 4 is 29.3 Å². The van der Waals surface area contributed by atoms with Crippen LogP contribution in [-0.4, -0.2) is 39.7 Å². The van der Waals surface area contributed by atoms with Gasteiger partial charge in [-0.15, -0.1) is 0 Å². The smallest absolute Gasteiger partial charge is 0.235 e. The number of amides is 1. The van der Waals surface area contributed by atoms with Gasteiger partial charge in [0.05, 0.1) is 10.9 Å². The number of benzene rings is 1. The number of rotatable bonds is 4. The molecule has 1 atom stereocenters. The molecule has 0 aliphatic rings. The molecule has 0 N–H and O–H groups in total. The highest BCUT2D eigenvalue weighted by atomic mass is 35.5. The predicted molar refractivity (Wildman–Crippen MR) is 87.3 cm³/mol. The average molecular weight is 324 g/mol. The molecule has 1 heterocycles. The third-order valence-electron chi connectivity index (χ3n) is 3.18. The molecule has 0 bridgehead atoms. The van der Waals surface area contributed by atoms with Crippen LogP contribution in [-0.2, 0) is 4.79 Å². The van der Waals surface area contributed by atoms with Gasteiger partial charge >= 0.3 is 0 Å². The molecule has 1 unspecified atom stereocenters. The van der Waals surface area contributed by atoms with Gasteiger partial charge in [0.25, 0.3) is 0 Å². The molecule has 6 heteroatoms. The Morgan fingerprint density at radius 2 is 2.14 bits per heavy atom. The van der Waals surface area contributed by atoms with Crippen molar-refractivity contribution in [2.24, 2.45) is 0 Å². The molecule has 21 heavy (non-hydrogen) atoms. The summed E-state index contributed by atoms with van der Waals surface area (Å²) in [5.74, 6) is 0.0670. The molecule has 0 fully saturated rings. The van der Waals surface area contributed by atoms with Crippen molar-refractivity contribution in [3.05, 3.63) is 41.2 Å². The lowest BCUT2D eigenvalue weighted by Gasteiger charge is -2.17. The normalized spacial score (nSPS) is 12.2. The molecule has 1 aromatic carbocycles. The molecule has 0 aliphatic carbocycles. The van der Waals surface area contributed by atoms with Crippen LogP contribution in [0, 0.1) is 6.92 Å². The number of hydrogen-bond donors (Lipinski definition) is 0. The van der Waals surface area contributed by atoms with E-state index in [0.29, 0.717) is 0 Å². The van der Waals surface area contributed by atoms with E-state index in [1.165, 1.54) is 11.8 Å². The largest absolute Gasteiger partial charge is 0.348 e. The van der Waals surface area contributed by atoms with Crippen LogP contribution in [0.1, 0.15) is 12.5 Å². The van der Waals surface area contributed by atoms with E-state index in [-0.39, 0.29) is 11.2 Å². The SMILES string of the molecule is Cc1c(Cl)cccc1-n1ccnc1SC(C)C(=O)N(C)C. The fraction of sp³-hybridized carbons (Fsp3) is 0.333. The molecule has 1 aromatic heterocycles. The van der Waals surface area contributed by atoms with Crippen LogP contribution in [0.3, 0.4) is 0 Å². The van der Waals surface area contributed by atoms with Crippen LogP contribution in [0.2, 0.25) is 5.02 Å². The highest BCUT2D eigenvalue weighted by Crippen LogP contribution is 2.28. The number of aromatic nitrogens is 2. The number of carbonyl (C=O) groups is 1. The van der Waals surface area contributed by atoms with Gasteiger partial charge in [0.15, 0.2) is 5.16 Å². The summed E-state index contributed by atoms with van der Waals surface area (Å²) in [6, 6.07) is 5.77. The number of imidazole rings is 1. The van der Waals surface area contributed by atoms with Gasteiger partial charge in [0, 0.05) is 31.5 Å². The molecule has 112 valence electrons. The van der Waals surface area contributed by atoms with Crippen LogP contribution in [0.15, 0.2) is 35.7 Å². The molecular formula is C15H18ClN3OS. The van der Waals surface area contributed by atoms with Crippen LogP contribution in [0.25, 0.3) is 5.69 Å². The summed E-state index contributed by atoms with van der Waals surface area (Å²) in [6.45, 7) is 3.86. The van der Waals surface area contributed by atoms with Crippen LogP contribution < -0.4 is 0 Å². The molecular weight excluding hydrogens is 306 g/mol. The molecule has 1 amide bonds.